The summed E-state index contributed by atoms with van der Waals surface area (Å²) < 4.78 is 8.22. The third-order valence-corrected chi connectivity index (χ3v) is 6.73. The fourth-order valence-electron chi connectivity index (χ4n) is 4.99. The summed E-state index contributed by atoms with van der Waals surface area (Å²) in [6, 6.07) is 5.83. The van der Waals surface area contributed by atoms with Crippen LogP contribution in [0.25, 0.3) is 16.7 Å². The summed E-state index contributed by atoms with van der Waals surface area (Å²) in [5.74, 6) is 0.326. The Hall–Kier alpha value is -3.60. The van der Waals surface area contributed by atoms with Crippen molar-refractivity contribution in [1.29, 1.82) is 0 Å². The van der Waals surface area contributed by atoms with E-state index in [0.29, 0.717) is 17.2 Å². The van der Waals surface area contributed by atoms with Crippen LogP contribution in [0.1, 0.15) is 35.3 Å². The van der Waals surface area contributed by atoms with Crippen molar-refractivity contribution in [2.45, 2.75) is 36.8 Å². The smallest absolute Gasteiger partial charge is 0.271 e. The van der Waals surface area contributed by atoms with Crippen LogP contribution < -0.4 is 16.0 Å². The summed E-state index contributed by atoms with van der Waals surface area (Å²) in [5, 5.41) is 22.9. The van der Waals surface area contributed by atoms with E-state index in [4.69, 9.17) is 9.84 Å². The molecule has 3 N–H and O–H groups in total. The normalized spacial score (nSPS) is 21.8. The number of aryl methyl sites for hydroxylation is 1. The third-order valence-electron chi connectivity index (χ3n) is 6.73. The first-order chi connectivity index (χ1) is 16.3. The lowest BCUT2D eigenvalue weighted by Crippen LogP contribution is -2.46. The maximum atomic E-state index is 13.3. The average molecular weight is 457 g/mol. The van der Waals surface area contributed by atoms with E-state index in [1.807, 2.05) is 25.2 Å². The van der Waals surface area contributed by atoms with Gasteiger partial charge >= 0.3 is 0 Å². The molecule has 11 nitrogen and oxygen atoms in total. The number of hydrogen-bond donors (Lipinski definition) is 3. The van der Waals surface area contributed by atoms with Gasteiger partial charge in [-0.15, -0.1) is 5.10 Å². The maximum absolute atomic E-state index is 13.3. The quantitative estimate of drug-likeness (QED) is 0.338. The Morgan fingerprint density at radius 1 is 1.21 bits per heavy atom. The van der Waals surface area contributed by atoms with Crippen molar-refractivity contribution in [2.24, 2.45) is 7.05 Å². The number of amides is 1. The second-order valence-corrected chi connectivity index (χ2v) is 9.46. The molecule has 0 unspecified atom stereocenters. The van der Waals surface area contributed by atoms with Gasteiger partial charge < -0.3 is 20.7 Å². The van der Waals surface area contributed by atoms with Crippen LogP contribution in [0, 0.1) is 0 Å². The van der Waals surface area contributed by atoms with E-state index in [-0.39, 0.29) is 18.1 Å². The number of fused-ring (bicyclic) bond motifs is 6. The second-order valence-electron chi connectivity index (χ2n) is 9.46. The molecule has 0 radical (unpaired) electrons. The van der Waals surface area contributed by atoms with E-state index in [9.17, 15) is 4.79 Å². The molecule has 6 rings (SSSR count). The van der Waals surface area contributed by atoms with E-state index < -0.39 is 5.40 Å². The van der Waals surface area contributed by atoms with Gasteiger partial charge in [-0.3, -0.25) is 4.79 Å². The third kappa shape index (κ3) is 3.30. The van der Waals surface area contributed by atoms with E-state index in [1.165, 1.54) is 0 Å². The minimum absolute atomic E-state index is 0.0925. The molecule has 1 aromatic carbocycles. The van der Waals surface area contributed by atoms with Crippen molar-refractivity contribution in [3.8, 4) is 0 Å². The number of nitrogens with one attached hydrogen (secondary N) is 3. The Morgan fingerprint density at radius 3 is 2.88 bits per heavy atom. The Labute approximate surface area is 197 Å². The van der Waals surface area contributed by atoms with E-state index in [2.05, 4.69) is 46.8 Å². The number of rotatable bonds is 1. The highest BCUT2D eigenvalue weighted by Crippen LogP contribution is 2.34. The summed E-state index contributed by atoms with van der Waals surface area (Å²) in [6.07, 6.45) is 4.18. The molecule has 34 heavy (non-hydrogen) atoms. The number of anilines is 3. The first-order valence-electron chi connectivity index (χ1n) is 11.5. The zero-order valence-corrected chi connectivity index (χ0v) is 19.6. The Morgan fingerprint density at radius 2 is 2.06 bits per heavy atom. The molecular weight excluding hydrogens is 432 g/mol. The van der Waals surface area contributed by atoms with Gasteiger partial charge in [0.2, 0.25) is 0 Å². The number of benzene rings is 1. The molecule has 1 fully saturated rings. The summed E-state index contributed by atoms with van der Waals surface area (Å²) >= 11 is 0. The van der Waals surface area contributed by atoms with Crippen molar-refractivity contribution in [2.75, 3.05) is 17.7 Å². The SMILES string of the molecule is BC1(B)O[C@H]2CCC[C@H]2NC(=O)c2cnc3c(NC)cc(nn23)Nc2cc1cc1nn(C)nc21. The van der Waals surface area contributed by atoms with Gasteiger partial charge in [0.15, 0.2) is 17.2 Å². The Balaban J connectivity index is 1.60. The highest BCUT2D eigenvalue weighted by Gasteiger charge is 2.36. The molecule has 3 aromatic heterocycles. The summed E-state index contributed by atoms with van der Waals surface area (Å²) in [6.45, 7) is 0. The van der Waals surface area contributed by atoms with Gasteiger partial charge in [0.25, 0.3) is 5.91 Å². The standard InChI is InChI=1S/C21H25B2N9O2/c1-24-14-8-17-26-12-6-10(7-13-18(12)30-31(2)28-13)21(22,23)34-16-5-3-4-11(16)27-20(33)15-9-25-19(14)32(15)29-17/h6-9,11,16,24H,3-5,22-23H2,1-2H3,(H,26,29)(H,27,33)/t11-,16+/m1/s1. The highest BCUT2D eigenvalue weighted by molar-refractivity contribution is 6.39. The van der Waals surface area contributed by atoms with Crippen molar-refractivity contribution in [1.82, 2.24) is 34.9 Å². The largest absolute Gasteiger partial charge is 0.385 e. The molecule has 2 aliphatic rings. The van der Waals surface area contributed by atoms with Crippen LogP contribution in [0.5, 0.6) is 0 Å². The van der Waals surface area contributed by atoms with Gasteiger partial charge in [0.1, 0.15) is 26.7 Å². The number of carbonyl (C=O) groups is 1. The van der Waals surface area contributed by atoms with Crippen LogP contribution in [0.15, 0.2) is 24.4 Å². The van der Waals surface area contributed by atoms with Gasteiger partial charge in [-0.2, -0.15) is 15.0 Å². The molecular formula is C21H25B2N9O2. The monoisotopic (exact) mass is 457 g/mol. The van der Waals surface area contributed by atoms with Crippen molar-refractivity contribution in [3.63, 3.8) is 0 Å². The number of hydrogen-bond acceptors (Lipinski definition) is 8. The van der Waals surface area contributed by atoms with Crippen molar-refractivity contribution < 1.29 is 9.53 Å². The fraction of sp³-hybridized carbons (Fsp3) is 0.381. The second kappa shape index (κ2) is 7.45. The van der Waals surface area contributed by atoms with E-state index in [0.717, 1.165) is 47.2 Å². The van der Waals surface area contributed by atoms with Gasteiger partial charge in [-0.05, 0) is 37.0 Å². The van der Waals surface area contributed by atoms with Crippen LogP contribution in [0.4, 0.5) is 17.2 Å². The molecule has 1 aliphatic heterocycles. The zero-order valence-electron chi connectivity index (χ0n) is 19.6. The Kier molecular flexibility index (Phi) is 4.60. The van der Waals surface area contributed by atoms with Gasteiger partial charge in [-0.25, -0.2) is 9.50 Å². The molecule has 4 bridgehead atoms. The summed E-state index contributed by atoms with van der Waals surface area (Å²) in [4.78, 5) is 19.3. The average Bonchev–Trinajstić information content (AvgIpc) is 3.50. The fourth-order valence-corrected chi connectivity index (χ4v) is 4.99. The summed E-state index contributed by atoms with van der Waals surface area (Å²) in [7, 11) is 7.72. The Bertz CT molecular complexity index is 1450. The first-order valence-corrected chi connectivity index (χ1v) is 11.5. The molecule has 2 atom stereocenters. The molecule has 1 saturated carbocycles. The van der Waals surface area contributed by atoms with E-state index in [1.54, 1.807) is 22.6 Å². The number of aromatic nitrogens is 6. The molecule has 13 heteroatoms. The first kappa shape index (κ1) is 21.0. The van der Waals surface area contributed by atoms with Crippen LogP contribution in [-0.2, 0) is 17.2 Å². The molecule has 4 heterocycles. The van der Waals surface area contributed by atoms with Crippen LogP contribution in [-0.4, -0.2) is 70.4 Å². The topological polar surface area (TPSA) is 123 Å². The predicted octanol–water partition coefficient (Wildman–Crippen LogP) is -0.146. The lowest BCUT2D eigenvalue weighted by molar-refractivity contribution is -0.00593. The molecule has 1 amide bonds. The molecule has 1 aliphatic carbocycles. The predicted molar refractivity (Wildman–Crippen MR) is 133 cm³/mol. The number of imidazole rings is 1. The summed E-state index contributed by atoms with van der Waals surface area (Å²) in [5.41, 5.74) is 4.91. The van der Waals surface area contributed by atoms with Gasteiger partial charge in [0, 0.05) is 25.6 Å². The molecule has 0 spiro atoms. The number of ether oxygens (including phenoxy) is 1. The van der Waals surface area contributed by atoms with E-state index >= 15 is 0 Å². The maximum Gasteiger partial charge on any atom is 0.271 e. The van der Waals surface area contributed by atoms with Crippen LogP contribution >= 0.6 is 0 Å². The van der Waals surface area contributed by atoms with Crippen LogP contribution in [0.2, 0.25) is 0 Å². The van der Waals surface area contributed by atoms with Gasteiger partial charge in [0.05, 0.1) is 29.7 Å². The minimum atomic E-state index is -0.612. The molecule has 4 aromatic rings. The lowest BCUT2D eigenvalue weighted by Gasteiger charge is -2.33. The van der Waals surface area contributed by atoms with Crippen molar-refractivity contribution in [3.05, 3.63) is 35.7 Å². The highest BCUT2D eigenvalue weighted by atomic mass is 16.5. The lowest BCUT2D eigenvalue weighted by atomic mass is 9.61. The number of carbonyl (C=O) groups excluding carboxylic acids is 1. The minimum Gasteiger partial charge on any atom is -0.385 e. The van der Waals surface area contributed by atoms with Crippen molar-refractivity contribution >= 4 is 55.5 Å². The number of nitrogens with zero attached hydrogens (tertiary/aromatic N) is 6. The molecule has 0 saturated heterocycles. The van der Waals surface area contributed by atoms with Crippen LogP contribution in [0.3, 0.4) is 0 Å². The molecule has 172 valence electrons. The zero-order chi connectivity index (χ0) is 23.6. The van der Waals surface area contributed by atoms with Gasteiger partial charge in [-0.1, -0.05) is 0 Å².